The van der Waals surface area contributed by atoms with Gasteiger partial charge in [0, 0.05) is 72.0 Å². The molecule has 2 fully saturated rings. The normalized spacial score (nSPS) is 20.3. The van der Waals surface area contributed by atoms with Crippen molar-refractivity contribution in [2.45, 2.75) is 19.9 Å². The number of likely N-dealkylation sites (N-methyl/N-ethyl adjacent to an activating group) is 1. The molecule has 0 saturated carbocycles. The Labute approximate surface area is 192 Å². The van der Waals surface area contributed by atoms with Gasteiger partial charge in [0.05, 0.1) is 5.69 Å². The lowest BCUT2D eigenvalue weighted by Gasteiger charge is -2.39. The molecule has 2 aliphatic heterocycles. The summed E-state index contributed by atoms with van der Waals surface area (Å²) in [5.41, 5.74) is 0.921. The smallest absolute Gasteiger partial charge is 0.193 e. The van der Waals surface area contributed by atoms with Crippen molar-refractivity contribution in [3.8, 4) is 5.75 Å². The number of nitrogens with one attached hydrogen (secondary N) is 1. The number of halogens is 1. The number of aromatic hydroxyl groups is 1. The van der Waals surface area contributed by atoms with Crippen LogP contribution in [0.3, 0.4) is 0 Å². The molecular weight excluding hydrogens is 479 g/mol. The average molecular weight is 516 g/mol. The van der Waals surface area contributed by atoms with E-state index in [1.165, 1.54) is 13.1 Å². The molecule has 2 N–H and O–H groups in total. The van der Waals surface area contributed by atoms with E-state index in [0.717, 1.165) is 64.0 Å². The molecule has 0 radical (unpaired) electrons. The van der Waals surface area contributed by atoms with Crippen molar-refractivity contribution in [2.75, 3.05) is 77.4 Å². The van der Waals surface area contributed by atoms with Crippen LogP contribution < -0.4 is 10.2 Å². The fourth-order valence-electron chi connectivity index (χ4n) is 4.11. The van der Waals surface area contributed by atoms with Crippen molar-refractivity contribution in [1.82, 2.24) is 20.0 Å². The Hall–Kier alpha value is -1.26. The van der Waals surface area contributed by atoms with Gasteiger partial charge in [-0.15, -0.1) is 24.0 Å². The van der Waals surface area contributed by atoms with Gasteiger partial charge < -0.3 is 25.1 Å². The molecule has 164 valence electrons. The lowest BCUT2D eigenvalue weighted by atomic mass is 10.2. The number of benzene rings is 1. The molecule has 7 nitrogen and oxygen atoms in total. The highest BCUT2D eigenvalue weighted by molar-refractivity contribution is 14.0. The van der Waals surface area contributed by atoms with Crippen LogP contribution in [0.2, 0.25) is 0 Å². The first-order valence-electron chi connectivity index (χ1n) is 10.6. The minimum Gasteiger partial charge on any atom is -0.506 e. The van der Waals surface area contributed by atoms with E-state index in [4.69, 9.17) is 0 Å². The molecule has 29 heavy (non-hydrogen) atoms. The van der Waals surface area contributed by atoms with Crippen molar-refractivity contribution >= 4 is 35.6 Å². The number of guanidine groups is 1. The van der Waals surface area contributed by atoms with E-state index in [2.05, 4.69) is 43.8 Å². The second-order valence-electron chi connectivity index (χ2n) is 7.71. The van der Waals surface area contributed by atoms with Crippen molar-refractivity contribution in [3.63, 3.8) is 0 Å². The maximum absolute atomic E-state index is 10.1. The summed E-state index contributed by atoms with van der Waals surface area (Å²) in [4.78, 5) is 14.2. The largest absolute Gasteiger partial charge is 0.506 e. The summed E-state index contributed by atoms with van der Waals surface area (Å²) in [5.74, 6) is 1.34. The molecule has 2 saturated heterocycles. The topological polar surface area (TPSA) is 57.6 Å². The van der Waals surface area contributed by atoms with Gasteiger partial charge >= 0.3 is 0 Å². The first-order chi connectivity index (χ1) is 13.6. The molecule has 0 aromatic heterocycles. The highest BCUT2D eigenvalue weighted by Crippen LogP contribution is 2.27. The van der Waals surface area contributed by atoms with Crippen LogP contribution in [0, 0.1) is 0 Å². The number of phenols is 1. The second-order valence-corrected chi connectivity index (χ2v) is 7.71. The van der Waals surface area contributed by atoms with Gasteiger partial charge in [0.25, 0.3) is 0 Å². The number of rotatable bonds is 5. The summed E-state index contributed by atoms with van der Waals surface area (Å²) in [7, 11) is 1.86. The number of aliphatic imine (C=N–C) groups is 1. The number of piperazine rings is 2. The number of hydrogen-bond acceptors (Lipinski definition) is 5. The highest BCUT2D eigenvalue weighted by atomic mass is 127. The van der Waals surface area contributed by atoms with E-state index in [1.54, 1.807) is 6.07 Å². The van der Waals surface area contributed by atoms with Crippen LogP contribution in [0.5, 0.6) is 5.75 Å². The number of para-hydroxylation sites is 2. The lowest BCUT2D eigenvalue weighted by molar-refractivity contribution is 0.107. The van der Waals surface area contributed by atoms with Crippen molar-refractivity contribution < 1.29 is 5.11 Å². The summed E-state index contributed by atoms with van der Waals surface area (Å²) < 4.78 is 0. The van der Waals surface area contributed by atoms with Crippen LogP contribution in [0.15, 0.2) is 29.3 Å². The highest BCUT2D eigenvalue weighted by Gasteiger charge is 2.23. The van der Waals surface area contributed by atoms with E-state index in [-0.39, 0.29) is 24.0 Å². The summed E-state index contributed by atoms with van der Waals surface area (Å²) in [6, 6.07) is 8.08. The summed E-state index contributed by atoms with van der Waals surface area (Å²) in [5, 5.41) is 13.7. The van der Waals surface area contributed by atoms with Crippen LogP contribution >= 0.6 is 24.0 Å². The van der Waals surface area contributed by atoms with Gasteiger partial charge in [-0.2, -0.15) is 0 Å². The van der Waals surface area contributed by atoms with Gasteiger partial charge in [-0.3, -0.25) is 9.89 Å². The molecule has 0 amide bonds. The third-order valence-corrected chi connectivity index (χ3v) is 6.05. The molecule has 0 spiro atoms. The third-order valence-electron chi connectivity index (χ3n) is 6.05. The van der Waals surface area contributed by atoms with Crippen molar-refractivity contribution in [3.05, 3.63) is 24.3 Å². The Bertz CT molecular complexity index is 642. The van der Waals surface area contributed by atoms with Crippen LogP contribution in [0.25, 0.3) is 0 Å². The van der Waals surface area contributed by atoms with Gasteiger partial charge in [-0.1, -0.05) is 19.1 Å². The van der Waals surface area contributed by atoms with E-state index in [1.807, 2.05) is 25.2 Å². The van der Waals surface area contributed by atoms with Gasteiger partial charge in [0.2, 0.25) is 0 Å². The third kappa shape index (κ3) is 6.36. The quantitative estimate of drug-likeness (QED) is 0.354. The van der Waals surface area contributed by atoms with Crippen molar-refractivity contribution in [2.24, 2.45) is 4.99 Å². The van der Waals surface area contributed by atoms with Crippen LogP contribution in [-0.2, 0) is 0 Å². The zero-order valence-corrected chi connectivity index (χ0v) is 20.4. The number of hydrogen-bond donors (Lipinski definition) is 2. The molecule has 3 rings (SSSR count). The van der Waals surface area contributed by atoms with E-state index in [9.17, 15) is 5.11 Å². The van der Waals surface area contributed by atoms with Crippen LogP contribution in [0.4, 0.5) is 5.69 Å². The monoisotopic (exact) mass is 516 g/mol. The fourth-order valence-corrected chi connectivity index (χ4v) is 4.11. The Kier molecular flexibility index (Phi) is 9.78. The first-order valence-corrected chi connectivity index (χ1v) is 10.6. The molecule has 0 aliphatic carbocycles. The molecule has 2 heterocycles. The Balaban J connectivity index is 0.00000300. The van der Waals surface area contributed by atoms with Crippen molar-refractivity contribution in [1.29, 1.82) is 0 Å². The zero-order valence-electron chi connectivity index (χ0n) is 18.0. The summed E-state index contributed by atoms with van der Waals surface area (Å²) in [6.45, 7) is 14.8. The van der Waals surface area contributed by atoms with Gasteiger partial charge in [-0.25, -0.2) is 0 Å². The molecule has 1 unspecified atom stereocenters. The Morgan fingerprint density at radius 3 is 2.31 bits per heavy atom. The Morgan fingerprint density at radius 2 is 1.72 bits per heavy atom. The minimum atomic E-state index is 0. The number of phenolic OH excluding ortho intramolecular Hbond substituents is 1. The van der Waals surface area contributed by atoms with Gasteiger partial charge in [0.15, 0.2) is 5.96 Å². The molecule has 0 bridgehead atoms. The molecule has 1 aromatic rings. The number of nitrogens with zero attached hydrogens (tertiary/aromatic N) is 5. The molecular formula is C21H37IN6O. The van der Waals surface area contributed by atoms with E-state index in [0.29, 0.717) is 11.8 Å². The van der Waals surface area contributed by atoms with Crippen LogP contribution in [0.1, 0.15) is 13.8 Å². The van der Waals surface area contributed by atoms with E-state index < -0.39 is 0 Å². The second kappa shape index (κ2) is 11.8. The summed E-state index contributed by atoms with van der Waals surface area (Å²) in [6.07, 6.45) is 0. The average Bonchev–Trinajstić information content (AvgIpc) is 2.75. The van der Waals surface area contributed by atoms with Crippen LogP contribution in [-0.4, -0.2) is 104 Å². The maximum atomic E-state index is 10.1. The molecule has 2 aliphatic rings. The predicted octanol–water partition coefficient (Wildman–Crippen LogP) is 1.73. The predicted molar refractivity (Wildman–Crippen MR) is 132 cm³/mol. The SMILES string of the molecule is CCN1CCN(C(C)CNC(=NC)N2CCN(c3ccccc3O)CC2)CC1.I. The first kappa shape index (κ1) is 24.0. The standard InChI is InChI=1S/C21H36N6O.HI/c1-4-24-9-11-25(12-10-24)18(2)17-23-21(22-3)27-15-13-26(14-16-27)19-7-5-6-8-20(19)28;/h5-8,18,28H,4,9-17H2,1-3H3,(H,22,23);1H. The maximum Gasteiger partial charge on any atom is 0.193 e. The molecule has 1 atom stereocenters. The lowest BCUT2D eigenvalue weighted by Crippen LogP contribution is -2.56. The zero-order chi connectivity index (χ0) is 19.9. The summed E-state index contributed by atoms with van der Waals surface area (Å²) >= 11 is 0. The Morgan fingerprint density at radius 1 is 1.07 bits per heavy atom. The molecule has 8 heteroatoms. The minimum absolute atomic E-state index is 0. The van der Waals surface area contributed by atoms with E-state index >= 15 is 0 Å². The molecule has 1 aromatic carbocycles. The van der Waals surface area contributed by atoms with Gasteiger partial charge in [-0.05, 0) is 25.6 Å². The fraction of sp³-hybridized carbons (Fsp3) is 0.667. The van der Waals surface area contributed by atoms with Gasteiger partial charge in [0.1, 0.15) is 5.75 Å². The number of anilines is 1.